The summed E-state index contributed by atoms with van der Waals surface area (Å²) in [7, 11) is 0. The Kier molecular flexibility index (Phi) is 7.44. The highest BCUT2D eigenvalue weighted by molar-refractivity contribution is 5.80. The zero-order chi connectivity index (χ0) is 32.7. The molecular weight excluding hydrogens is 592 g/mol. The Morgan fingerprint density at radius 2 is 0.979 bits per heavy atom. The van der Waals surface area contributed by atoms with E-state index >= 15 is 0 Å². The van der Waals surface area contributed by atoms with E-state index in [9.17, 15) is 4.79 Å². The smallest absolute Gasteiger partial charge is 0.314 e. The molecule has 4 heterocycles. The van der Waals surface area contributed by atoms with E-state index in [2.05, 4.69) is 61.5 Å². The van der Waals surface area contributed by atoms with E-state index in [1.54, 1.807) is 0 Å². The Balaban J connectivity index is 1.34. The predicted octanol–water partition coefficient (Wildman–Crippen LogP) is 8.72. The summed E-state index contributed by atoms with van der Waals surface area (Å²) in [6, 6.07) is 36.9. The minimum absolute atomic E-state index is 0.214. The van der Waals surface area contributed by atoms with Crippen LogP contribution in [-0.4, -0.2) is 25.9 Å². The number of hydrogen-bond acceptors (Lipinski definition) is 6. The van der Waals surface area contributed by atoms with Crippen molar-refractivity contribution in [2.24, 2.45) is 5.92 Å². The number of fused-ring (bicyclic) bond motifs is 6. The second-order valence-electron chi connectivity index (χ2n) is 13.3. The van der Waals surface area contributed by atoms with Crippen LogP contribution in [0.2, 0.25) is 0 Å². The Morgan fingerprint density at radius 3 is 1.44 bits per heavy atom. The number of aromatic nitrogens is 4. The Morgan fingerprint density at radius 1 is 0.562 bits per heavy atom. The number of esters is 1. The van der Waals surface area contributed by atoms with E-state index in [-0.39, 0.29) is 11.9 Å². The highest BCUT2D eigenvalue weighted by atomic mass is 16.5. The first-order valence-electron chi connectivity index (χ1n) is 16.6. The lowest BCUT2D eigenvalue weighted by molar-refractivity contribution is -0.139. The third-order valence-electron chi connectivity index (χ3n) is 10.4. The van der Waals surface area contributed by atoms with Gasteiger partial charge in [0, 0.05) is 35.6 Å². The third kappa shape index (κ3) is 4.82. The number of rotatable bonds is 9. The first kappa shape index (κ1) is 29.9. The largest absolute Gasteiger partial charge is 0.426 e. The average molecular weight is 629 g/mol. The van der Waals surface area contributed by atoms with Gasteiger partial charge in [-0.1, -0.05) is 86.6 Å². The molecule has 0 saturated heterocycles. The molecule has 4 aromatic heterocycles. The summed E-state index contributed by atoms with van der Waals surface area (Å²) in [4.78, 5) is 33.6. The van der Waals surface area contributed by atoms with Crippen molar-refractivity contribution in [1.82, 2.24) is 19.9 Å². The van der Waals surface area contributed by atoms with E-state index in [0.29, 0.717) is 18.6 Å². The lowest BCUT2D eigenvalue weighted by Crippen LogP contribution is -2.41. The Hall–Kier alpha value is -5.49. The van der Waals surface area contributed by atoms with Gasteiger partial charge in [0.25, 0.3) is 0 Å². The van der Waals surface area contributed by atoms with Crippen molar-refractivity contribution in [3.63, 3.8) is 0 Å². The number of carbonyl (C=O) groups excluding carboxylic acids is 1. The summed E-state index contributed by atoms with van der Waals surface area (Å²) in [6.07, 6.45) is 9.41. The number of nitrogens with zero attached hydrogens (tertiary/aromatic N) is 4. The van der Waals surface area contributed by atoms with Gasteiger partial charge in [-0.3, -0.25) is 24.7 Å². The van der Waals surface area contributed by atoms with Crippen LogP contribution in [0.1, 0.15) is 66.8 Å². The molecule has 0 N–H and O–H groups in total. The van der Waals surface area contributed by atoms with Crippen molar-refractivity contribution < 1.29 is 9.53 Å². The van der Waals surface area contributed by atoms with Crippen LogP contribution in [0.15, 0.2) is 134 Å². The molecule has 6 aromatic rings. The number of para-hydroxylation sites is 1. The molecule has 0 saturated carbocycles. The summed E-state index contributed by atoms with van der Waals surface area (Å²) in [5.74, 6) is 0.0655. The lowest BCUT2D eigenvalue weighted by Gasteiger charge is -2.44. The molecule has 6 nitrogen and oxygen atoms in total. The highest BCUT2D eigenvalue weighted by Gasteiger charge is 2.55. The first-order chi connectivity index (χ1) is 23.5. The molecule has 0 bridgehead atoms. The maximum absolute atomic E-state index is 13.9. The van der Waals surface area contributed by atoms with Crippen molar-refractivity contribution in [2.75, 3.05) is 0 Å². The summed E-state index contributed by atoms with van der Waals surface area (Å²) in [6.45, 7) is 4.30. The van der Waals surface area contributed by atoms with Gasteiger partial charge in [0.1, 0.15) is 5.75 Å². The number of pyridine rings is 4. The number of ether oxygens (including phenoxy) is 1. The van der Waals surface area contributed by atoms with Gasteiger partial charge < -0.3 is 4.74 Å². The maximum Gasteiger partial charge on any atom is 0.314 e. The van der Waals surface area contributed by atoms with Crippen molar-refractivity contribution in [3.05, 3.63) is 162 Å². The van der Waals surface area contributed by atoms with Crippen LogP contribution in [0, 0.1) is 5.92 Å². The second-order valence-corrected chi connectivity index (χ2v) is 13.3. The van der Waals surface area contributed by atoms with Gasteiger partial charge in [-0.25, -0.2) is 0 Å². The molecule has 2 aliphatic rings. The van der Waals surface area contributed by atoms with E-state index < -0.39 is 16.7 Å². The summed E-state index contributed by atoms with van der Waals surface area (Å²) in [5, 5.41) is 0. The molecule has 2 aliphatic carbocycles. The van der Waals surface area contributed by atoms with Crippen LogP contribution >= 0.6 is 0 Å². The molecule has 0 radical (unpaired) electrons. The van der Waals surface area contributed by atoms with Crippen LogP contribution in [0.4, 0.5) is 0 Å². The summed E-state index contributed by atoms with van der Waals surface area (Å²) in [5.41, 5.74) is 8.29. The van der Waals surface area contributed by atoms with E-state index in [4.69, 9.17) is 24.7 Å². The van der Waals surface area contributed by atoms with E-state index in [1.807, 2.05) is 86.3 Å². The molecule has 0 amide bonds. The Labute approximate surface area is 281 Å². The fourth-order valence-electron chi connectivity index (χ4n) is 8.42. The maximum atomic E-state index is 13.9. The van der Waals surface area contributed by atoms with Gasteiger partial charge in [0.2, 0.25) is 0 Å². The highest BCUT2D eigenvalue weighted by Crippen LogP contribution is 2.62. The molecule has 8 rings (SSSR count). The summed E-state index contributed by atoms with van der Waals surface area (Å²) < 4.78 is 5.95. The number of carbonyl (C=O) groups is 1. The van der Waals surface area contributed by atoms with Crippen molar-refractivity contribution in [1.29, 1.82) is 0 Å². The minimum Gasteiger partial charge on any atom is -0.426 e. The van der Waals surface area contributed by atoms with Gasteiger partial charge in [-0.05, 0) is 89.4 Å². The van der Waals surface area contributed by atoms with Crippen LogP contribution in [0.5, 0.6) is 5.75 Å². The van der Waals surface area contributed by atoms with Crippen LogP contribution in [0.3, 0.4) is 0 Å². The van der Waals surface area contributed by atoms with Crippen LogP contribution in [0.25, 0.3) is 22.8 Å². The fraction of sp³-hybridized carbons (Fsp3) is 0.214. The number of hydrogen-bond donors (Lipinski definition) is 0. The zero-order valence-electron chi connectivity index (χ0n) is 27.1. The minimum atomic E-state index is -0.622. The van der Waals surface area contributed by atoms with Crippen molar-refractivity contribution in [2.45, 2.75) is 49.9 Å². The van der Waals surface area contributed by atoms with Gasteiger partial charge in [0.05, 0.1) is 28.7 Å². The van der Waals surface area contributed by atoms with Gasteiger partial charge in [0.15, 0.2) is 0 Å². The summed E-state index contributed by atoms with van der Waals surface area (Å²) >= 11 is 0. The van der Waals surface area contributed by atoms with Crippen molar-refractivity contribution >= 4 is 5.97 Å². The molecule has 2 atom stereocenters. The fourth-order valence-corrected chi connectivity index (χ4v) is 8.42. The Bertz CT molecular complexity index is 2020. The normalized spacial score (nSPS) is 15.8. The lowest BCUT2D eigenvalue weighted by atomic mass is 9.58. The standard InChI is InChI=1S/C42H36N4O2/c1-28(30-13-5-3-6-14-30)25-41(32-17-9-21-43-36(32)37-33(41)18-10-22-44-37)27-42(26-29(2)40(47)48-31-15-7-4-8-16-31)34-19-11-23-45-38(34)39-35(42)20-12-24-46-39/h3-24,28-29H,25-27H2,1-2H3. The van der Waals surface area contributed by atoms with Crippen molar-refractivity contribution in [3.8, 4) is 28.5 Å². The zero-order valence-corrected chi connectivity index (χ0v) is 27.1. The molecule has 0 spiro atoms. The van der Waals surface area contributed by atoms with E-state index in [0.717, 1.165) is 40.3 Å². The third-order valence-corrected chi connectivity index (χ3v) is 10.4. The topological polar surface area (TPSA) is 77.9 Å². The molecule has 0 fully saturated rings. The first-order valence-corrected chi connectivity index (χ1v) is 16.6. The quantitative estimate of drug-likeness (QED) is 0.118. The molecule has 48 heavy (non-hydrogen) atoms. The molecule has 0 aliphatic heterocycles. The number of benzene rings is 2. The molecule has 2 aromatic carbocycles. The molecule has 2 unspecified atom stereocenters. The van der Waals surface area contributed by atoms with Gasteiger partial charge >= 0.3 is 5.97 Å². The molecule has 236 valence electrons. The predicted molar refractivity (Wildman–Crippen MR) is 186 cm³/mol. The van der Waals surface area contributed by atoms with Gasteiger partial charge in [-0.2, -0.15) is 0 Å². The SMILES string of the molecule is CC(CC1(CC2(CC(C)c3ccccc3)c3cccnc3-c3ncccc32)c2cccnc2-c2ncccc21)C(=O)Oc1ccccc1. The molecular formula is C42H36N4O2. The second kappa shape index (κ2) is 11.9. The van der Waals surface area contributed by atoms with E-state index in [1.165, 1.54) is 16.7 Å². The van der Waals surface area contributed by atoms with Crippen LogP contribution < -0.4 is 4.74 Å². The molecule has 6 heteroatoms. The average Bonchev–Trinajstić information content (AvgIpc) is 3.56. The van der Waals surface area contributed by atoms with Gasteiger partial charge in [-0.15, -0.1) is 0 Å². The monoisotopic (exact) mass is 628 g/mol. The van der Waals surface area contributed by atoms with Crippen LogP contribution in [-0.2, 0) is 15.6 Å².